The van der Waals surface area contributed by atoms with Crippen molar-refractivity contribution in [2.45, 2.75) is 18.0 Å². The van der Waals surface area contributed by atoms with E-state index in [2.05, 4.69) is 21.5 Å². The molecule has 1 heterocycles. The van der Waals surface area contributed by atoms with Crippen LogP contribution in [0.1, 0.15) is 5.56 Å². The molecule has 148 valence electrons. The first-order chi connectivity index (χ1) is 13.5. The summed E-state index contributed by atoms with van der Waals surface area (Å²) in [5.74, 6) is 0.554. The Morgan fingerprint density at radius 1 is 1.21 bits per heavy atom. The lowest BCUT2D eigenvalue weighted by atomic mass is 10.1. The maximum absolute atomic E-state index is 12.3. The second-order valence-electron chi connectivity index (χ2n) is 6.15. The van der Waals surface area contributed by atoms with Crippen LogP contribution in [0.2, 0.25) is 5.02 Å². The summed E-state index contributed by atoms with van der Waals surface area (Å²) in [4.78, 5) is 24.4. The number of amides is 2. The molecule has 2 aromatic rings. The van der Waals surface area contributed by atoms with Gasteiger partial charge in [-0.25, -0.2) is 10.9 Å². The Bertz CT molecular complexity index is 834. The normalized spacial score (nSPS) is 19.0. The van der Waals surface area contributed by atoms with Crippen LogP contribution >= 0.6 is 23.4 Å². The van der Waals surface area contributed by atoms with E-state index in [9.17, 15) is 9.59 Å². The molecule has 4 N–H and O–H groups in total. The van der Waals surface area contributed by atoms with Gasteiger partial charge in [-0.05, 0) is 36.2 Å². The molecule has 9 heteroatoms. The Labute approximate surface area is 172 Å². The number of hydrogen-bond acceptors (Lipinski definition) is 6. The minimum atomic E-state index is -0.399. The lowest BCUT2D eigenvalue weighted by Gasteiger charge is -2.31. The van der Waals surface area contributed by atoms with E-state index in [-0.39, 0.29) is 17.6 Å². The molecule has 0 bridgehead atoms. The van der Waals surface area contributed by atoms with Crippen molar-refractivity contribution in [1.29, 1.82) is 0 Å². The van der Waals surface area contributed by atoms with Crippen LogP contribution in [-0.2, 0) is 16.0 Å². The van der Waals surface area contributed by atoms with E-state index in [1.54, 1.807) is 43.5 Å². The van der Waals surface area contributed by atoms with Crippen molar-refractivity contribution in [1.82, 2.24) is 16.2 Å². The second-order valence-corrected chi connectivity index (χ2v) is 7.68. The quantitative estimate of drug-likeness (QED) is 0.548. The largest absolute Gasteiger partial charge is 0.497 e. The van der Waals surface area contributed by atoms with Crippen molar-refractivity contribution in [3.8, 4) is 5.75 Å². The number of benzene rings is 2. The Hall–Kier alpha value is -2.26. The molecule has 0 saturated carbocycles. The monoisotopic (exact) mass is 420 g/mol. The summed E-state index contributed by atoms with van der Waals surface area (Å²) in [5, 5.41) is 6.32. The van der Waals surface area contributed by atoms with E-state index in [1.165, 1.54) is 11.8 Å². The van der Waals surface area contributed by atoms with Gasteiger partial charge in [-0.15, -0.1) is 11.8 Å². The van der Waals surface area contributed by atoms with E-state index >= 15 is 0 Å². The van der Waals surface area contributed by atoms with Crippen molar-refractivity contribution < 1.29 is 14.3 Å². The number of carbonyl (C=O) groups is 2. The summed E-state index contributed by atoms with van der Waals surface area (Å²) in [6, 6.07) is 14.1. The van der Waals surface area contributed by atoms with Gasteiger partial charge in [0.1, 0.15) is 17.3 Å². The van der Waals surface area contributed by atoms with Crippen LogP contribution in [0.15, 0.2) is 48.5 Å². The van der Waals surface area contributed by atoms with Crippen molar-refractivity contribution >= 4 is 40.9 Å². The van der Waals surface area contributed by atoms with Gasteiger partial charge in [0.25, 0.3) is 0 Å². The highest BCUT2D eigenvalue weighted by Crippen LogP contribution is 2.18. The van der Waals surface area contributed by atoms with Crippen LogP contribution < -0.4 is 26.2 Å². The van der Waals surface area contributed by atoms with Crippen molar-refractivity contribution in [2.24, 2.45) is 0 Å². The molecule has 0 aromatic heterocycles. The summed E-state index contributed by atoms with van der Waals surface area (Å²) in [7, 11) is 1.57. The zero-order valence-corrected chi connectivity index (χ0v) is 16.8. The molecule has 2 atom stereocenters. The second kappa shape index (κ2) is 9.79. The molecule has 1 aliphatic rings. The summed E-state index contributed by atoms with van der Waals surface area (Å²) in [5.41, 5.74) is 7.29. The van der Waals surface area contributed by atoms with Gasteiger partial charge < -0.3 is 15.4 Å². The number of ether oxygens (including phenoxy) is 1. The van der Waals surface area contributed by atoms with Crippen molar-refractivity contribution in [3.63, 3.8) is 0 Å². The Morgan fingerprint density at radius 2 is 2.00 bits per heavy atom. The molecule has 0 aliphatic carbocycles. The maximum atomic E-state index is 12.3. The summed E-state index contributed by atoms with van der Waals surface area (Å²) < 4.78 is 5.13. The fraction of sp³-hybridized carbons (Fsp3) is 0.263. The van der Waals surface area contributed by atoms with Crippen molar-refractivity contribution in [3.05, 3.63) is 59.1 Å². The van der Waals surface area contributed by atoms with Gasteiger partial charge in [-0.1, -0.05) is 29.8 Å². The summed E-state index contributed by atoms with van der Waals surface area (Å²) in [6.45, 7) is 0. The zero-order chi connectivity index (χ0) is 19.9. The van der Waals surface area contributed by atoms with E-state index < -0.39 is 11.5 Å². The van der Waals surface area contributed by atoms with Crippen LogP contribution in [0.5, 0.6) is 5.75 Å². The van der Waals surface area contributed by atoms with Crippen LogP contribution in [0.3, 0.4) is 0 Å². The first-order valence-electron chi connectivity index (χ1n) is 8.65. The van der Waals surface area contributed by atoms with Gasteiger partial charge in [-0.2, -0.15) is 0 Å². The maximum Gasteiger partial charge on any atom is 0.240 e. The molecule has 28 heavy (non-hydrogen) atoms. The van der Waals surface area contributed by atoms with Gasteiger partial charge in [-0.3, -0.25) is 9.59 Å². The van der Waals surface area contributed by atoms with Gasteiger partial charge in [0, 0.05) is 16.8 Å². The minimum absolute atomic E-state index is 0.126. The van der Waals surface area contributed by atoms with Crippen LogP contribution in [0.25, 0.3) is 0 Å². The van der Waals surface area contributed by atoms with Crippen LogP contribution in [-0.4, -0.2) is 36.2 Å². The number of carbonyl (C=O) groups excluding carboxylic acids is 2. The molecule has 2 aromatic carbocycles. The summed E-state index contributed by atoms with van der Waals surface area (Å²) in [6.07, 6.45) is 0.531. The number of methoxy groups -OCH3 is 1. The highest BCUT2D eigenvalue weighted by Gasteiger charge is 2.27. The fourth-order valence-corrected chi connectivity index (χ4v) is 3.51. The van der Waals surface area contributed by atoms with Gasteiger partial charge in [0.05, 0.1) is 12.9 Å². The molecule has 1 saturated heterocycles. The molecular formula is C19H21ClN4O3S. The number of nitrogens with one attached hydrogen (secondary N) is 4. The number of thioether (sulfide) groups is 1. The smallest absolute Gasteiger partial charge is 0.240 e. The minimum Gasteiger partial charge on any atom is -0.497 e. The third-order valence-corrected chi connectivity index (χ3v) is 5.32. The van der Waals surface area contributed by atoms with E-state index in [0.717, 1.165) is 5.56 Å². The number of halogens is 1. The number of anilines is 1. The van der Waals surface area contributed by atoms with Crippen LogP contribution in [0, 0.1) is 0 Å². The third-order valence-electron chi connectivity index (χ3n) is 4.07. The molecule has 0 spiro atoms. The number of hydrogen-bond donors (Lipinski definition) is 4. The molecule has 0 radical (unpaired) electrons. The van der Waals surface area contributed by atoms with Crippen LogP contribution in [0.4, 0.5) is 5.69 Å². The Balaban J connectivity index is 1.43. The van der Waals surface area contributed by atoms with Gasteiger partial charge in [0.2, 0.25) is 11.8 Å². The SMILES string of the molecule is COc1cccc(NC(=O)CSC2NNC(Cc3ccc(Cl)cc3)C(=O)N2)c1. The Kier molecular flexibility index (Phi) is 7.16. The molecule has 2 amide bonds. The Morgan fingerprint density at radius 3 is 2.71 bits per heavy atom. The standard InChI is InChI=1S/C19H21ClN4O3S/c1-27-15-4-2-3-14(10-15)21-17(25)11-28-19-22-18(26)16(23-24-19)9-12-5-7-13(20)8-6-12/h2-8,10,16,19,23-24H,9,11H2,1H3,(H,21,25)(H,22,26). The first kappa shape index (κ1) is 20.5. The molecule has 1 fully saturated rings. The highest BCUT2D eigenvalue weighted by molar-refractivity contribution is 8.00. The highest BCUT2D eigenvalue weighted by atomic mass is 35.5. The summed E-state index contributed by atoms with van der Waals surface area (Å²) >= 11 is 7.16. The molecule has 2 unspecified atom stereocenters. The average molecular weight is 421 g/mol. The lowest BCUT2D eigenvalue weighted by molar-refractivity contribution is -0.125. The first-order valence-corrected chi connectivity index (χ1v) is 10.1. The topological polar surface area (TPSA) is 91.5 Å². The molecule has 3 rings (SSSR count). The molecular weight excluding hydrogens is 400 g/mol. The average Bonchev–Trinajstić information content (AvgIpc) is 2.70. The lowest BCUT2D eigenvalue weighted by Crippen LogP contribution is -2.64. The van der Waals surface area contributed by atoms with E-state index in [0.29, 0.717) is 22.9 Å². The number of hydrazine groups is 1. The van der Waals surface area contributed by atoms with Gasteiger partial charge in [0.15, 0.2) is 0 Å². The van der Waals surface area contributed by atoms with Gasteiger partial charge >= 0.3 is 0 Å². The predicted molar refractivity (Wildman–Crippen MR) is 111 cm³/mol. The number of rotatable bonds is 7. The fourth-order valence-electron chi connectivity index (χ4n) is 2.65. The van der Waals surface area contributed by atoms with Crippen molar-refractivity contribution in [2.75, 3.05) is 18.2 Å². The van der Waals surface area contributed by atoms with E-state index in [4.69, 9.17) is 16.3 Å². The zero-order valence-electron chi connectivity index (χ0n) is 15.2. The van der Waals surface area contributed by atoms with E-state index in [1.807, 2.05) is 12.1 Å². The predicted octanol–water partition coefficient (Wildman–Crippen LogP) is 2.14. The third kappa shape index (κ3) is 5.87. The molecule has 1 aliphatic heterocycles. The molecule has 7 nitrogen and oxygen atoms in total.